The molecule has 3 atom stereocenters. The van der Waals surface area contributed by atoms with Crippen LogP contribution in [0.5, 0.6) is 0 Å². The zero-order valence-corrected chi connectivity index (χ0v) is 26.3. The van der Waals surface area contributed by atoms with E-state index in [1.807, 2.05) is 32.7 Å². The Bertz CT molecular complexity index is 1070. The van der Waals surface area contributed by atoms with Crippen molar-refractivity contribution in [1.82, 2.24) is 25.8 Å². The van der Waals surface area contributed by atoms with E-state index in [1.54, 1.807) is 12.1 Å². The van der Waals surface area contributed by atoms with Crippen LogP contribution in [0, 0.1) is 17.2 Å². The molecule has 3 amide bonds. The number of nitrogens with one attached hydrogen (secondary N) is 3. The fraction of sp³-hybridized carbons (Fsp3) is 0.727. The molecule has 3 fully saturated rings. The van der Waals surface area contributed by atoms with Crippen molar-refractivity contribution in [3.63, 3.8) is 0 Å². The zero-order chi connectivity index (χ0) is 30.5. The smallest absolute Gasteiger partial charge is 0.245 e. The lowest BCUT2D eigenvalue weighted by atomic mass is 9.63. The first-order valence-electron chi connectivity index (χ1n) is 16.0. The highest BCUT2D eigenvalue weighted by molar-refractivity contribution is 5.90. The number of piperazine rings is 1. The number of rotatable bonds is 8. The Hall–Kier alpha value is -2.52. The molecule has 0 radical (unpaired) electrons. The average Bonchev–Trinajstić information content (AvgIpc) is 2.97. The van der Waals surface area contributed by atoms with Crippen molar-refractivity contribution >= 4 is 17.7 Å². The average molecular weight is 586 g/mol. The van der Waals surface area contributed by atoms with Gasteiger partial charge in [0.2, 0.25) is 17.7 Å². The van der Waals surface area contributed by atoms with Crippen LogP contribution in [-0.4, -0.2) is 84.4 Å². The van der Waals surface area contributed by atoms with Gasteiger partial charge in [0.05, 0.1) is 11.5 Å². The van der Waals surface area contributed by atoms with E-state index in [0.29, 0.717) is 51.0 Å². The first-order valence-corrected chi connectivity index (χ1v) is 16.0. The molecular weight excluding hydrogens is 533 g/mol. The molecule has 2 saturated heterocycles. The van der Waals surface area contributed by atoms with Gasteiger partial charge < -0.3 is 25.8 Å². The number of piperidine rings is 1. The molecule has 234 valence electrons. The van der Waals surface area contributed by atoms with Gasteiger partial charge in [-0.3, -0.25) is 14.4 Å². The number of benzene rings is 1. The van der Waals surface area contributed by atoms with Gasteiger partial charge in [0.1, 0.15) is 11.9 Å². The van der Waals surface area contributed by atoms with E-state index < -0.39 is 17.5 Å². The van der Waals surface area contributed by atoms with Crippen molar-refractivity contribution in [2.75, 3.05) is 33.2 Å². The van der Waals surface area contributed by atoms with Crippen molar-refractivity contribution in [3.05, 3.63) is 35.6 Å². The van der Waals surface area contributed by atoms with Crippen LogP contribution in [0.1, 0.15) is 84.6 Å². The molecule has 9 heteroatoms. The maximum Gasteiger partial charge on any atom is 0.245 e. The number of halogens is 1. The van der Waals surface area contributed by atoms with Crippen LogP contribution < -0.4 is 16.0 Å². The second kappa shape index (κ2) is 13.8. The van der Waals surface area contributed by atoms with Crippen LogP contribution in [0.4, 0.5) is 4.39 Å². The highest BCUT2D eigenvalue weighted by atomic mass is 19.1. The molecule has 0 spiro atoms. The molecule has 0 bridgehead atoms. The van der Waals surface area contributed by atoms with Crippen LogP contribution >= 0.6 is 0 Å². The topological polar surface area (TPSA) is 93.8 Å². The first-order chi connectivity index (χ1) is 19.9. The monoisotopic (exact) mass is 585 g/mol. The number of amides is 3. The molecule has 1 aliphatic carbocycles. The van der Waals surface area contributed by atoms with E-state index in [1.165, 1.54) is 18.6 Å². The molecule has 4 rings (SSSR count). The van der Waals surface area contributed by atoms with Gasteiger partial charge in [0, 0.05) is 44.2 Å². The van der Waals surface area contributed by atoms with Gasteiger partial charge in [-0.15, -0.1) is 0 Å². The molecular formula is C33H52FN5O3. The molecule has 8 nitrogen and oxygen atoms in total. The number of carbonyl (C=O) groups is 3. The molecule has 3 aliphatic rings. The van der Waals surface area contributed by atoms with Crippen molar-refractivity contribution in [3.8, 4) is 0 Å². The van der Waals surface area contributed by atoms with Gasteiger partial charge in [-0.1, -0.05) is 38.3 Å². The number of hydrogen-bond donors (Lipinski definition) is 3. The molecule has 0 aromatic heterocycles. The first kappa shape index (κ1) is 32.4. The Morgan fingerprint density at radius 3 is 2.29 bits per heavy atom. The number of likely N-dealkylation sites (N-methyl/N-ethyl adjacent to an activating group) is 1. The Morgan fingerprint density at radius 2 is 1.71 bits per heavy atom. The van der Waals surface area contributed by atoms with Crippen molar-refractivity contribution in [2.45, 2.75) is 109 Å². The van der Waals surface area contributed by atoms with E-state index in [2.05, 4.69) is 27.8 Å². The minimum absolute atomic E-state index is 0.114. The maximum absolute atomic E-state index is 14.0. The van der Waals surface area contributed by atoms with Crippen molar-refractivity contribution < 1.29 is 18.8 Å². The summed E-state index contributed by atoms with van der Waals surface area (Å²) >= 11 is 0. The molecule has 1 saturated carbocycles. The normalized spacial score (nSPS) is 24.6. The minimum atomic E-state index is -0.774. The largest absolute Gasteiger partial charge is 0.351 e. The highest BCUT2D eigenvalue weighted by Crippen LogP contribution is 2.46. The van der Waals surface area contributed by atoms with Crippen molar-refractivity contribution in [1.29, 1.82) is 0 Å². The van der Waals surface area contributed by atoms with Gasteiger partial charge in [0.15, 0.2) is 0 Å². The molecule has 2 heterocycles. The molecule has 1 aromatic carbocycles. The quantitative estimate of drug-likeness (QED) is 0.433. The number of hydrogen-bond acceptors (Lipinski definition) is 5. The lowest BCUT2D eigenvalue weighted by Crippen LogP contribution is -2.63. The summed E-state index contributed by atoms with van der Waals surface area (Å²) in [6.07, 6.45) is 8.13. The lowest BCUT2D eigenvalue weighted by molar-refractivity contribution is -0.147. The highest BCUT2D eigenvalue weighted by Gasteiger charge is 2.49. The lowest BCUT2D eigenvalue weighted by Gasteiger charge is -2.48. The van der Waals surface area contributed by atoms with Gasteiger partial charge in [-0.25, -0.2) is 4.39 Å². The third-order valence-corrected chi connectivity index (χ3v) is 9.74. The Kier molecular flexibility index (Phi) is 10.7. The Morgan fingerprint density at radius 1 is 1.07 bits per heavy atom. The predicted octanol–water partition coefficient (Wildman–Crippen LogP) is 3.64. The molecule has 1 aromatic rings. The van der Waals surface area contributed by atoms with E-state index in [9.17, 15) is 18.8 Å². The van der Waals surface area contributed by atoms with Crippen LogP contribution in [0.15, 0.2) is 24.3 Å². The minimum Gasteiger partial charge on any atom is -0.351 e. The fourth-order valence-electron chi connectivity index (χ4n) is 7.18. The molecule has 0 unspecified atom stereocenters. The van der Waals surface area contributed by atoms with Crippen LogP contribution in [0.2, 0.25) is 0 Å². The second-order valence-corrected chi connectivity index (χ2v) is 13.9. The summed E-state index contributed by atoms with van der Waals surface area (Å²) in [7, 11) is 2.03. The Balaban J connectivity index is 1.49. The summed E-state index contributed by atoms with van der Waals surface area (Å²) in [5.74, 6) is -0.245. The molecule has 42 heavy (non-hydrogen) atoms. The standard InChI is InChI=1S/C33H52FN5O3/c1-6-26-21-35-28(22-38(26)5)29(40)36-27(20-23-12-14-25(34)15-13-23)30(41)39-18-16-33(17-19-39,24-10-8-7-9-11-24)31(42)37-32(2,3)4/h12-15,24,26-28,35H,6-11,16-22H2,1-5H3,(H,36,40)(H,37,42)/t26-,27-,28+/m1/s1. The molecule has 3 N–H and O–H groups in total. The summed E-state index contributed by atoms with van der Waals surface area (Å²) < 4.78 is 13.6. The number of nitrogens with zero attached hydrogens (tertiary/aromatic N) is 2. The molecule has 2 aliphatic heterocycles. The van der Waals surface area contributed by atoms with Gasteiger partial charge >= 0.3 is 0 Å². The van der Waals surface area contributed by atoms with Crippen molar-refractivity contribution in [2.24, 2.45) is 11.3 Å². The van der Waals surface area contributed by atoms with E-state index >= 15 is 0 Å². The summed E-state index contributed by atoms with van der Waals surface area (Å²) in [5, 5.41) is 9.66. The van der Waals surface area contributed by atoms with Crippen LogP contribution in [-0.2, 0) is 20.8 Å². The van der Waals surface area contributed by atoms with Crippen LogP contribution in [0.3, 0.4) is 0 Å². The van der Waals surface area contributed by atoms with Gasteiger partial charge in [0.25, 0.3) is 0 Å². The SMILES string of the molecule is CC[C@@H]1CN[C@H](C(=O)N[C@H](Cc2ccc(F)cc2)C(=O)N2CCC(C(=O)NC(C)(C)C)(C3CCCCC3)CC2)CN1C. The summed E-state index contributed by atoms with van der Waals surface area (Å²) in [6.45, 7) is 10.4. The van der Waals surface area contributed by atoms with Gasteiger partial charge in [-0.2, -0.15) is 0 Å². The third-order valence-electron chi connectivity index (χ3n) is 9.74. The predicted molar refractivity (Wildman–Crippen MR) is 163 cm³/mol. The second-order valence-electron chi connectivity index (χ2n) is 13.9. The summed E-state index contributed by atoms with van der Waals surface area (Å²) in [6, 6.07) is 5.29. The van der Waals surface area contributed by atoms with E-state index in [0.717, 1.165) is 37.7 Å². The van der Waals surface area contributed by atoms with Gasteiger partial charge in [-0.05, 0) is 83.5 Å². The van der Waals surface area contributed by atoms with E-state index in [4.69, 9.17) is 0 Å². The number of carbonyl (C=O) groups excluding carboxylic acids is 3. The summed E-state index contributed by atoms with van der Waals surface area (Å²) in [5.41, 5.74) is -0.0192. The third kappa shape index (κ3) is 7.90. The van der Waals surface area contributed by atoms with Crippen LogP contribution in [0.25, 0.3) is 0 Å². The fourth-order valence-corrected chi connectivity index (χ4v) is 7.18. The Labute approximate surface area is 251 Å². The zero-order valence-electron chi connectivity index (χ0n) is 26.3. The van der Waals surface area contributed by atoms with E-state index in [-0.39, 0.29) is 35.5 Å². The number of likely N-dealkylation sites (tertiary alicyclic amines) is 1. The maximum atomic E-state index is 14.0. The summed E-state index contributed by atoms with van der Waals surface area (Å²) in [4.78, 5) is 45.3.